The molecule has 0 aliphatic heterocycles. The Bertz CT molecular complexity index is 473. The number of fused-ring (bicyclic) bond motifs is 5. The molecule has 0 aromatic rings. The fraction of sp³-hybridized carbons (Fsp3) is 1.00. The van der Waals surface area contributed by atoms with Crippen molar-refractivity contribution >= 4 is 0 Å². The Morgan fingerprint density at radius 1 is 0.923 bits per heavy atom. The third kappa shape index (κ3) is 3.29. The molecule has 4 fully saturated rings. The zero-order chi connectivity index (χ0) is 18.3. The Morgan fingerprint density at radius 3 is 2.54 bits per heavy atom. The van der Waals surface area contributed by atoms with Gasteiger partial charge >= 0.3 is 0 Å². The quantitative estimate of drug-likeness (QED) is 0.532. The molecule has 26 heavy (non-hydrogen) atoms. The van der Waals surface area contributed by atoms with Crippen molar-refractivity contribution in [3.8, 4) is 0 Å². The Hall–Kier alpha value is -0.0400. The van der Waals surface area contributed by atoms with Gasteiger partial charge in [-0.15, -0.1) is 0 Å². The zero-order valence-electron chi connectivity index (χ0n) is 17.8. The third-order valence-corrected chi connectivity index (χ3v) is 9.95. The number of rotatable bonds is 5. The number of aliphatic hydroxyl groups excluding tert-OH is 1. The van der Waals surface area contributed by atoms with Gasteiger partial charge in [0.2, 0.25) is 0 Å². The van der Waals surface area contributed by atoms with E-state index in [0.29, 0.717) is 5.41 Å². The van der Waals surface area contributed by atoms with Crippen LogP contribution in [0.3, 0.4) is 0 Å². The standard InChI is InChI=1S/C25H44O/c1-4-5-6-7-17(2)23-12-13-24-22-10-8-18-16-19(26)9-11-20(18)21(22)14-15-25(23,24)3/h17-24,26H,4-16H2,1-3H3. The molecule has 1 N–H and O–H groups in total. The maximum Gasteiger partial charge on any atom is 0.0543 e. The zero-order valence-corrected chi connectivity index (χ0v) is 17.8. The highest BCUT2D eigenvalue weighted by molar-refractivity contribution is 5.06. The van der Waals surface area contributed by atoms with Crippen LogP contribution in [0.5, 0.6) is 0 Å². The number of hydrogen-bond donors (Lipinski definition) is 1. The van der Waals surface area contributed by atoms with Crippen LogP contribution in [0.2, 0.25) is 0 Å². The molecule has 9 unspecified atom stereocenters. The molecule has 150 valence electrons. The second-order valence-electron chi connectivity index (χ2n) is 11.1. The highest BCUT2D eigenvalue weighted by Gasteiger charge is 2.57. The van der Waals surface area contributed by atoms with Crippen molar-refractivity contribution in [2.24, 2.45) is 46.8 Å². The van der Waals surface area contributed by atoms with Gasteiger partial charge in [0.05, 0.1) is 6.10 Å². The van der Waals surface area contributed by atoms with Crippen LogP contribution in [0, 0.1) is 46.8 Å². The predicted molar refractivity (Wildman–Crippen MR) is 110 cm³/mol. The molecule has 1 heteroatoms. The van der Waals surface area contributed by atoms with Gasteiger partial charge in [-0.3, -0.25) is 0 Å². The maximum absolute atomic E-state index is 10.1. The first-order valence-electron chi connectivity index (χ1n) is 12.2. The molecule has 9 atom stereocenters. The molecule has 0 radical (unpaired) electrons. The van der Waals surface area contributed by atoms with E-state index in [-0.39, 0.29) is 6.10 Å². The van der Waals surface area contributed by atoms with E-state index in [9.17, 15) is 5.11 Å². The van der Waals surface area contributed by atoms with Crippen LogP contribution < -0.4 is 0 Å². The summed E-state index contributed by atoms with van der Waals surface area (Å²) in [5, 5.41) is 10.1. The summed E-state index contributed by atoms with van der Waals surface area (Å²) in [6.45, 7) is 7.62. The molecule has 0 spiro atoms. The number of hydrogen-bond acceptors (Lipinski definition) is 1. The molecular formula is C25H44O. The van der Waals surface area contributed by atoms with Crippen LogP contribution in [0.4, 0.5) is 0 Å². The Labute approximate surface area is 162 Å². The van der Waals surface area contributed by atoms with Crippen molar-refractivity contribution in [2.75, 3.05) is 0 Å². The third-order valence-electron chi connectivity index (χ3n) is 9.95. The van der Waals surface area contributed by atoms with E-state index in [1.165, 1.54) is 70.6 Å². The van der Waals surface area contributed by atoms with Gasteiger partial charge in [0.25, 0.3) is 0 Å². The topological polar surface area (TPSA) is 20.2 Å². The summed E-state index contributed by atoms with van der Waals surface area (Å²) in [6, 6.07) is 0. The summed E-state index contributed by atoms with van der Waals surface area (Å²) in [6.07, 6.45) is 18.2. The molecule has 0 aromatic heterocycles. The van der Waals surface area contributed by atoms with Crippen molar-refractivity contribution in [2.45, 2.75) is 110 Å². The number of unbranched alkanes of at least 4 members (excludes halogenated alkanes) is 2. The lowest BCUT2D eigenvalue weighted by atomic mass is 9.49. The molecule has 1 nitrogen and oxygen atoms in total. The van der Waals surface area contributed by atoms with Crippen LogP contribution in [0.15, 0.2) is 0 Å². The molecule has 0 heterocycles. The van der Waals surface area contributed by atoms with Gasteiger partial charge in [0.1, 0.15) is 0 Å². The van der Waals surface area contributed by atoms with E-state index >= 15 is 0 Å². The van der Waals surface area contributed by atoms with Gasteiger partial charge < -0.3 is 5.11 Å². The smallest absolute Gasteiger partial charge is 0.0543 e. The lowest BCUT2D eigenvalue weighted by Crippen LogP contribution is -2.49. The molecule has 0 amide bonds. The highest BCUT2D eigenvalue weighted by Crippen LogP contribution is 2.65. The first-order chi connectivity index (χ1) is 12.5. The monoisotopic (exact) mass is 360 g/mol. The minimum Gasteiger partial charge on any atom is -0.393 e. The van der Waals surface area contributed by atoms with Gasteiger partial charge in [-0.1, -0.05) is 46.5 Å². The molecule has 4 aliphatic carbocycles. The van der Waals surface area contributed by atoms with Crippen molar-refractivity contribution in [3.63, 3.8) is 0 Å². The summed E-state index contributed by atoms with van der Waals surface area (Å²) in [5.74, 6) is 6.81. The second kappa shape index (κ2) is 7.76. The second-order valence-corrected chi connectivity index (χ2v) is 11.1. The van der Waals surface area contributed by atoms with E-state index < -0.39 is 0 Å². The van der Waals surface area contributed by atoms with Crippen molar-refractivity contribution < 1.29 is 5.11 Å². The van der Waals surface area contributed by atoms with Gasteiger partial charge in [0, 0.05) is 0 Å². The molecule has 4 rings (SSSR count). The molecule has 4 saturated carbocycles. The maximum atomic E-state index is 10.1. The first-order valence-corrected chi connectivity index (χ1v) is 12.2. The van der Waals surface area contributed by atoms with Crippen LogP contribution in [0.25, 0.3) is 0 Å². The van der Waals surface area contributed by atoms with Gasteiger partial charge in [-0.05, 0) is 105 Å². The van der Waals surface area contributed by atoms with Crippen LogP contribution >= 0.6 is 0 Å². The van der Waals surface area contributed by atoms with Crippen molar-refractivity contribution in [1.82, 2.24) is 0 Å². The van der Waals surface area contributed by atoms with Gasteiger partial charge in [-0.2, -0.15) is 0 Å². The first kappa shape index (κ1) is 19.3. The van der Waals surface area contributed by atoms with Crippen LogP contribution in [-0.4, -0.2) is 11.2 Å². The fourth-order valence-electron chi connectivity index (χ4n) is 8.72. The lowest BCUT2D eigenvalue weighted by Gasteiger charge is -2.56. The minimum absolute atomic E-state index is 0.0153. The average Bonchev–Trinajstić information content (AvgIpc) is 2.98. The molecule has 0 bridgehead atoms. The van der Waals surface area contributed by atoms with E-state index in [1.54, 1.807) is 0 Å². The van der Waals surface area contributed by atoms with Crippen LogP contribution in [0.1, 0.15) is 104 Å². The van der Waals surface area contributed by atoms with Crippen molar-refractivity contribution in [1.29, 1.82) is 0 Å². The van der Waals surface area contributed by atoms with E-state index in [0.717, 1.165) is 54.3 Å². The van der Waals surface area contributed by atoms with Gasteiger partial charge in [0.15, 0.2) is 0 Å². The Morgan fingerprint density at radius 2 is 1.73 bits per heavy atom. The van der Waals surface area contributed by atoms with E-state index in [4.69, 9.17) is 0 Å². The predicted octanol–water partition coefficient (Wildman–Crippen LogP) is 6.83. The average molecular weight is 361 g/mol. The minimum atomic E-state index is 0.0153. The molecule has 0 saturated heterocycles. The highest BCUT2D eigenvalue weighted by atomic mass is 16.3. The van der Waals surface area contributed by atoms with Gasteiger partial charge in [-0.25, -0.2) is 0 Å². The number of aliphatic hydroxyl groups is 1. The normalized spacial score (nSPS) is 49.2. The summed E-state index contributed by atoms with van der Waals surface area (Å²) >= 11 is 0. The van der Waals surface area contributed by atoms with Crippen molar-refractivity contribution in [3.05, 3.63) is 0 Å². The fourth-order valence-corrected chi connectivity index (χ4v) is 8.72. The molecular weight excluding hydrogens is 316 g/mol. The summed E-state index contributed by atoms with van der Waals surface area (Å²) in [4.78, 5) is 0. The lowest BCUT2D eigenvalue weighted by molar-refractivity contribution is -0.0821. The van der Waals surface area contributed by atoms with Crippen LogP contribution in [-0.2, 0) is 0 Å². The Kier molecular flexibility index (Phi) is 5.76. The van der Waals surface area contributed by atoms with E-state index in [1.807, 2.05) is 0 Å². The Balaban J connectivity index is 1.44. The molecule has 4 aliphatic rings. The summed E-state index contributed by atoms with van der Waals surface area (Å²) in [7, 11) is 0. The largest absolute Gasteiger partial charge is 0.393 e. The molecule has 0 aromatic carbocycles. The summed E-state index contributed by atoms with van der Waals surface area (Å²) in [5.41, 5.74) is 0.647. The van der Waals surface area contributed by atoms with E-state index in [2.05, 4.69) is 20.8 Å². The SMILES string of the molecule is CCCCCC(C)C1CCC2C3CCC4CC(O)CCC4C3CCC12C. The summed E-state index contributed by atoms with van der Waals surface area (Å²) < 4.78 is 0.